The molecule has 1 N–H and O–H groups in total. The van der Waals surface area contributed by atoms with Crippen LogP contribution in [-0.4, -0.2) is 48.8 Å². The van der Waals surface area contributed by atoms with Gasteiger partial charge in [0.05, 0.1) is 5.60 Å². The molecule has 1 aliphatic heterocycles. The maximum atomic E-state index is 5.98. The normalized spacial score (nSPS) is 30.7. The molecule has 2 saturated carbocycles. The Bertz CT molecular complexity index is 274. The van der Waals surface area contributed by atoms with Crippen LogP contribution >= 0.6 is 0 Å². The summed E-state index contributed by atoms with van der Waals surface area (Å²) in [5.74, 6) is 0. The zero-order valence-corrected chi connectivity index (χ0v) is 11.8. The lowest BCUT2D eigenvalue weighted by atomic mass is 9.74. The van der Waals surface area contributed by atoms with Crippen molar-refractivity contribution in [3.8, 4) is 0 Å². The summed E-state index contributed by atoms with van der Waals surface area (Å²) in [6, 6.07) is 1.61. The van der Waals surface area contributed by atoms with E-state index in [0.717, 1.165) is 19.2 Å². The Morgan fingerprint density at radius 2 is 2.11 bits per heavy atom. The average Bonchev–Trinajstić information content (AvgIpc) is 3.17. The number of ether oxygens (including phenoxy) is 1. The fourth-order valence-corrected chi connectivity index (χ4v) is 3.57. The predicted octanol–water partition coefficient (Wildman–Crippen LogP) is 2.16. The molecule has 2 aliphatic carbocycles. The molecule has 0 aromatic rings. The molecule has 0 amide bonds. The van der Waals surface area contributed by atoms with Crippen LogP contribution in [0.3, 0.4) is 0 Å². The first-order valence-electron chi connectivity index (χ1n) is 7.93. The van der Waals surface area contributed by atoms with Crippen molar-refractivity contribution in [3.63, 3.8) is 0 Å². The highest BCUT2D eigenvalue weighted by Crippen LogP contribution is 2.42. The highest BCUT2D eigenvalue weighted by atomic mass is 16.5. The minimum absolute atomic E-state index is 0.289. The Morgan fingerprint density at radius 1 is 1.28 bits per heavy atom. The molecule has 104 valence electrons. The van der Waals surface area contributed by atoms with Crippen LogP contribution in [0.15, 0.2) is 0 Å². The van der Waals surface area contributed by atoms with Crippen LogP contribution in [-0.2, 0) is 4.74 Å². The first kappa shape index (κ1) is 12.9. The fraction of sp³-hybridized carbons (Fsp3) is 1.00. The van der Waals surface area contributed by atoms with Crippen molar-refractivity contribution >= 4 is 0 Å². The maximum absolute atomic E-state index is 5.98. The van der Waals surface area contributed by atoms with Gasteiger partial charge in [-0.3, -0.25) is 4.90 Å². The summed E-state index contributed by atoms with van der Waals surface area (Å²) >= 11 is 0. The summed E-state index contributed by atoms with van der Waals surface area (Å²) in [5.41, 5.74) is 0.289. The molecule has 3 heteroatoms. The third-order valence-corrected chi connectivity index (χ3v) is 5.06. The van der Waals surface area contributed by atoms with Gasteiger partial charge in [0.15, 0.2) is 0 Å². The smallest absolute Gasteiger partial charge is 0.0697 e. The average molecular weight is 252 g/mol. The van der Waals surface area contributed by atoms with Gasteiger partial charge in [-0.1, -0.05) is 6.92 Å². The molecule has 1 saturated heterocycles. The second-order valence-electron chi connectivity index (χ2n) is 6.39. The molecule has 3 nitrogen and oxygen atoms in total. The molecule has 18 heavy (non-hydrogen) atoms. The topological polar surface area (TPSA) is 24.5 Å². The quantitative estimate of drug-likeness (QED) is 0.784. The Hall–Kier alpha value is -0.120. The van der Waals surface area contributed by atoms with E-state index in [-0.39, 0.29) is 5.60 Å². The molecule has 0 aromatic carbocycles. The van der Waals surface area contributed by atoms with E-state index in [0.29, 0.717) is 6.04 Å². The Labute approximate surface area is 111 Å². The van der Waals surface area contributed by atoms with Crippen LogP contribution in [0.1, 0.15) is 51.9 Å². The van der Waals surface area contributed by atoms with Gasteiger partial charge >= 0.3 is 0 Å². The van der Waals surface area contributed by atoms with E-state index in [9.17, 15) is 0 Å². The molecular formula is C15H28N2O. The number of likely N-dealkylation sites (N-methyl/N-ethyl adjacent to an activating group) is 1. The van der Waals surface area contributed by atoms with Gasteiger partial charge in [-0.25, -0.2) is 0 Å². The van der Waals surface area contributed by atoms with Crippen LogP contribution < -0.4 is 5.32 Å². The molecule has 3 rings (SSSR count). The van der Waals surface area contributed by atoms with Gasteiger partial charge in [0.1, 0.15) is 0 Å². The maximum Gasteiger partial charge on any atom is 0.0697 e. The molecule has 0 aromatic heterocycles. The lowest BCUT2D eigenvalue weighted by Crippen LogP contribution is -2.51. The third-order valence-electron chi connectivity index (χ3n) is 5.06. The van der Waals surface area contributed by atoms with Crippen LogP contribution in [0.2, 0.25) is 0 Å². The van der Waals surface area contributed by atoms with E-state index < -0.39 is 0 Å². The number of rotatable bonds is 6. The van der Waals surface area contributed by atoms with Gasteiger partial charge in [-0.05, 0) is 51.5 Å². The van der Waals surface area contributed by atoms with Crippen molar-refractivity contribution in [1.29, 1.82) is 0 Å². The molecule has 3 aliphatic rings. The van der Waals surface area contributed by atoms with Crippen molar-refractivity contribution in [1.82, 2.24) is 10.2 Å². The minimum Gasteiger partial charge on any atom is -0.375 e. The molecule has 1 atom stereocenters. The molecule has 0 bridgehead atoms. The molecular weight excluding hydrogens is 224 g/mol. The Balaban J connectivity index is 1.37. The number of nitrogens with one attached hydrogen (secondary N) is 1. The Morgan fingerprint density at radius 3 is 2.72 bits per heavy atom. The Kier molecular flexibility index (Phi) is 3.92. The van der Waals surface area contributed by atoms with Crippen LogP contribution in [0.25, 0.3) is 0 Å². The van der Waals surface area contributed by atoms with E-state index in [1.54, 1.807) is 0 Å². The fourth-order valence-electron chi connectivity index (χ4n) is 3.57. The van der Waals surface area contributed by atoms with E-state index in [2.05, 4.69) is 17.1 Å². The lowest BCUT2D eigenvalue weighted by molar-refractivity contribution is -0.135. The molecule has 3 fully saturated rings. The second kappa shape index (κ2) is 5.48. The van der Waals surface area contributed by atoms with E-state index in [4.69, 9.17) is 4.74 Å². The standard InChI is InChI=1S/C15H28N2O/c1-2-17(14-4-5-14)10-9-16-13-6-11-18-15(12-13)7-3-8-15/h13-14,16H,2-12H2,1H3. The van der Waals surface area contributed by atoms with Crippen LogP contribution in [0, 0.1) is 0 Å². The van der Waals surface area contributed by atoms with Gasteiger partial charge in [0, 0.05) is 31.8 Å². The lowest BCUT2D eigenvalue weighted by Gasteiger charge is -2.47. The zero-order valence-electron chi connectivity index (χ0n) is 11.8. The van der Waals surface area contributed by atoms with Gasteiger partial charge in [0.25, 0.3) is 0 Å². The molecule has 1 spiro atoms. The van der Waals surface area contributed by atoms with Crippen molar-refractivity contribution in [2.45, 2.75) is 69.6 Å². The monoisotopic (exact) mass is 252 g/mol. The van der Waals surface area contributed by atoms with Crippen molar-refractivity contribution in [2.75, 3.05) is 26.2 Å². The van der Waals surface area contributed by atoms with Gasteiger partial charge < -0.3 is 10.1 Å². The van der Waals surface area contributed by atoms with E-state index in [1.807, 2.05) is 0 Å². The highest BCUT2D eigenvalue weighted by molar-refractivity contribution is 4.96. The first-order valence-corrected chi connectivity index (χ1v) is 7.93. The summed E-state index contributed by atoms with van der Waals surface area (Å²) in [4.78, 5) is 2.63. The minimum atomic E-state index is 0.289. The molecule has 1 heterocycles. The summed E-state index contributed by atoms with van der Waals surface area (Å²) in [6.45, 7) is 6.86. The van der Waals surface area contributed by atoms with Crippen molar-refractivity contribution < 1.29 is 4.74 Å². The highest BCUT2D eigenvalue weighted by Gasteiger charge is 2.42. The molecule has 1 unspecified atom stereocenters. The largest absolute Gasteiger partial charge is 0.375 e. The van der Waals surface area contributed by atoms with Gasteiger partial charge in [0.2, 0.25) is 0 Å². The number of hydrogen-bond acceptors (Lipinski definition) is 3. The summed E-state index contributed by atoms with van der Waals surface area (Å²) in [7, 11) is 0. The van der Waals surface area contributed by atoms with Crippen molar-refractivity contribution in [2.24, 2.45) is 0 Å². The van der Waals surface area contributed by atoms with E-state index in [1.165, 1.54) is 58.0 Å². The van der Waals surface area contributed by atoms with Crippen LogP contribution in [0.5, 0.6) is 0 Å². The van der Waals surface area contributed by atoms with Crippen molar-refractivity contribution in [3.05, 3.63) is 0 Å². The summed E-state index contributed by atoms with van der Waals surface area (Å²) in [5, 5.41) is 3.77. The van der Waals surface area contributed by atoms with Crippen LogP contribution in [0.4, 0.5) is 0 Å². The molecule has 0 radical (unpaired) electrons. The van der Waals surface area contributed by atoms with E-state index >= 15 is 0 Å². The SMILES string of the molecule is CCN(CCNC1CCOC2(CCC2)C1)C1CC1. The summed E-state index contributed by atoms with van der Waals surface area (Å²) < 4.78 is 5.98. The van der Waals surface area contributed by atoms with Gasteiger partial charge in [-0.15, -0.1) is 0 Å². The third kappa shape index (κ3) is 2.89. The summed E-state index contributed by atoms with van der Waals surface area (Å²) in [6.07, 6.45) is 9.28. The number of nitrogens with zero attached hydrogens (tertiary/aromatic N) is 1. The first-order chi connectivity index (χ1) is 8.81. The zero-order chi connectivity index (χ0) is 12.4. The second-order valence-corrected chi connectivity index (χ2v) is 6.39. The number of hydrogen-bond donors (Lipinski definition) is 1. The predicted molar refractivity (Wildman–Crippen MR) is 73.8 cm³/mol. The van der Waals surface area contributed by atoms with Gasteiger partial charge in [-0.2, -0.15) is 0 Å².